The molecule has 0 spiro atoms. The molecule has 0 N–H and O–H groups in total. The van der Waals surface area contributed by atoms with Crippen molar-refractivity contribution in [3.05, 3.63) is 11.6 Å². The highest BCUT2D eigenvalue weighted by Gasteiger charge is 2.25. The smallest absolute Gasteiger partial charge is 0.345 e. The molecule has 86 valence electrons. The fourth-order valence-electron chi connectivity index (χ4n) is 0.824. The van der Waals surface area contributed by atoms with Crippen LogP contribution in [0, 0.1) is 0 Å². The first-order chi connectivity index (χ1) is 6.87. The van der Waals surface area contributed by atoms with E-state index in [4.69, 9.17) is 0 Å². The number of ether oxygens (including phenoxy) is 2. The molecule has 0 rings (SSSR count). The summed E-state index contributed by atoms with van der Waals surface area (Å²) in [6.07, 6.45) is 2.23. The number of rotatable bonds is 4. The molecule has 0 aliphatic rings. The number of carbonyl (C=O) groups excluding carboxylic acids is 2. The van der Waals surface area contributed by atoms with Gasteiger partial charge in [-0.1, -0.05) is 22.9 Å². The third-order valence-corrected chi connectivity index (χ3v) is 2.74. The lowest BCUT2D eigenvalue weighted by atomic mass is 10.0. The molecule has 0 radical (unpaired) electrons. The van der Waals surface area contributed by atoms with Crippen molar-refractivity contribution < 1.29 is 19.1 Å². The van der Waals surface area contributed by atoms with Crippen LogP contribution in [-0.4, -0.2) is 30.5 Å². The molecule has 0 amide bonds. The molecular formula is C10H15BrO4. The molecule has 1 unspecified atom stereocenters. The number of carbonyl (C=O) groups is 2. The summed E-state index contributed by atoms with van der Waals surface area (Å²) in [5.74, 6) is -1.39. The highest BCUT2D eigenvalue weighted by atomic mass is 79.9. The monoisotopic (exact) mass is 278 g/mol. The van der Waals surface area contributed by atoms with Gasteiger partial charge in [0.05, 0.1) is 14.2 Å². The first kappa shape index (κ1) is 14.2. The summed E-state index contributed by atoms with van der Waals surface area (Å²) in [6.45, 7) is 3.77. The highest BCUT2D eigenvalue weighted by Crippen LogP contribution is 2.25. The Labute approximate surface area is 97.8 Å². The van der Waals surface area contributed by atoms with Crippen molar-refractivity contribution in [2.24, 2.45) is 0 Å². The molecular weight excluding hydrogens is 264 g/mol. The standard InChI is InChI=1S/C10H15BrO4/c1-5-10(2,11)6-7(8(12)14-3)9(13)15-4/h6H,5H2,1-4H3. The maximum Gasteiger partial charge on any atom is 0.345 e. The van der Waals surface area contributed by atoms with E-state index in [2.05, 4.69) is 25.4 Å². The van der Waals surface area contributed by atoms with Crippen LogP contribution < -0.4 is 0 Å². The highest BCUT2D eigenvalue weighted by molar-refractivity contribution is 9.10. The number of halogens is 1. The van der Waals surface area contributed by atoms with Gasteiger partial charge in [-0.05, 0) is 19.4 Å². The van der Waals surface area contributed by atoms with Crippen molar-refractivity contribution in [3.63, 3.8) is 0 Å². The van der Waals surface area contributed by atoms with Crippen LogP contribution in [0.2, 0.25) is 0 Å². The van der Waals surface area contributed by atoms with Gasteiger partial charge in [-0.25, -0.2) is 9.59 Å². The lowest BCUT2D eigenvalue weighted by Gasteiger charge is -2.16. The van der Waals surface area contributed by atoms with Gasteiger partial charge in [-0.3, -0.25) is 0 Å². The van der Waals surface area contributed by atoms with E-state index in [1.807, 2.05) is 13.8 Å². The summed E-state index contributed by atoms with van der Waals surface area (Å²) in [6, 6.07) is 0. The van der Waals surface area contributed by atoms with Gasteiger partial charge < -0.3 is 9.47 Å². The Hall–Kier alpha value is -0.840. The topological polar surface area (TPSA) is 52.6 Å². The normalized spacial score (nSPS) is 13.7. The molecule has 0 fully saturated rings. The Morgan fingerprint density at radius 2 is 1.67 bits per heavy atom. The van der Waals surface area contributed by atoms with E-state index < -0.39 is 16.3 Å². The molecule has 1 atom stereocenters. The number of alkyl halides is 1. The van der Waals surface area contributed by atoms with Crippen LogP contribution in [0.5, 0.6) is 0 Å². The van der Waals surface area contributed by atoms with Crippen LogP contribution in [0.15, 0.2) is 11.6 Å². The molecule has 0 aliphatic heterocycles. The second-order valence-corrected chi connectivity index (χ2v) is 4.98. The maximum absolute atomic E-state index is 11.3. The fourth-order valence-corrected chi connectivity index (χ4v) is 1.05. The van der Waals surface area contributed by atoms with Crippen LogP contribution in [0.25, 0.3) is 0 Å². The number of esters is 2. The quantitative estimate of drug-likeness (QED) is 0.259. The Bertz CT molecular complexity index is 263. The summed E-state index contributed by atoms with van der Waals surface area (Å²) in [5.41, 5.74) is -0.0961. The van der Waals surface area contributed by atoms with E-state index in [1.54, 1.807) is 0 Å². The Kier molecular flexibility index (Phi) is 5.57. The van der Waals surface area contributed by atoms with Gasteiger partial charge in [-0.2, -0.15) is 0 Å². The number of hydrogen-bond acceptors (Lipinski definition) is 4. The fraction of sp³-hybridized carbons (Fsp3) is 0.600. The molecule has 0 saturated carbocycles. The summed E-state index contributed by atoms with van der Waals surface area (Å²) < 4.78 is 8.57. The molecule has 0 aromatic heterocycles. The van der Waals surface area contributed by atoms with Gasteiger partial charge in [0.25, 0.3) is 0 Å². The van der Waals surface area contributed by atoms with E-state index in [0.717, 1.165) is 6.42 Å². The second-order valence-electron chi connectivity index (χ2n) is 3.17. The summed E-state index contributed by atoms with van der Waals surface area (Å²) >= 11 is 3.38. The third-order valence-electron chi connectivity index (χ3n) is 1.95. The van der Waals surface area contributed by atoms with Gasteiger partial charge >= 0.3 is 11.9 Å². The Morgan fingerprint density at radius 1 is 1.27 bits per heavy atom. The molecule has 5 heteroatoms. The van der Waals surface area contributed by atoms with Gasteiger partial charge in [0.2, 0.25) is 0 Å². The summed E-state index contributed by atoms with van der Waals surface area (Å²) in [7, 11) is 2.44. The first-order valence-electron chi connectivity index (χ1n) is 4.46. The van der Waals surface area contributed by atoms with Gasteiger partial charge in [0, 0.05) is 4.32 Å². The van der Waals surface area contributed by atoms with Crippen molar-refractivity contribution in [2.45, 2.75) is 24.6 Å². The van der Waals surface area contributed by atoms with Crippen LogP contribution >= 0.6 is 15.9 Å². The zero-order valence-corrected chi connectivity index (χ0v) is 10.9. The molecule has 15 heavy (non-hydrogen) atoms. The van der Waals surface area contributed by atoms with Gasteiger partial charge in [0.1, 0.15) is 5.57 Å². The van der Waals surface area contributed by atoms with Crippen molar-refractivity contribution in [1.82, 2.24) is 0 Å². The van der Waals surface area contributed by atoms with Crippen molar-refractivity contribution in [3.8, 4) is 0 Å². The number of allylic oxidation sites excluding steroid dienone is 1. The predicted molar refractivity (Wildman–Crippen MR) is 59.7 cm³/mol. The average molecular weight is 279 g/mol. The molecule has 0 heterocycles. The third kappa shape index (κ3) is 4.46. The molecule has 4 nitrogen and oxygen atoms in total. The maximum atomic E-state index is 11.3. The molecule has 0 aromatic carbocycles. The van der Waals surface area contributed by atoms with Crippen LogP contribution in [0.4, 0.5) is 0 Å². The Balaban J connectivity index is 5.11. The Morgan fingerprint density at radius 3 is 1.93 bits per heavy atom. The summed E-state index contributed by atoms with van der Waals surface area (Å²) in [5, 5.41) is 0. The van der Waals surface area contributed by atoms with E-state index >= 15 is 0 Å². The summed E-state index contributed by atoms with van der Waals surface area (Å²) in [4.78, 5) is 22.6. The average Bonchev–Trinajstić information content (AvgIpc) is 2.23. The molecule has 0 aliphatic carbocycles. The molecule has 0 bridgehead atoms. The van der Waals surface area contributed by atoms with E-state index in [1.165, 1.54) is 20.3 Å². The zero-order valence-electron chi connectivity index (χ0n) is 9.30. The van der Waals surface area contributed by atoms with Crippen LogP contribution in [-0.2, 0) is 19.1 Å². The lowest BCUT2D eigenvalue weighted by Crippen LogP contribution is -2.21. The molecule has 0 aromatic rings. The van der Waals surface area contributed by atoms with Crippen LogP contribution in [0.1, 0.15) is 20.3 Å². The minimum Gasteiger partial charge on any atom is -0.465 e. The lowest BCUT2D eigenvalue weighted by molar-refractivity contribution is -0.144. The number of methoxy groups -OCH3 is 2. The van der Waals surface area contributed by atoms with E-state index in [-0.39, 0.29) is 5.57 Å². The van der Waals surface area contributed by atoms with Crippen molar-refractivity contribution in [1.29, 1.82) is 0 Å². The zero-order chi connectivity index (χ0) is 12.1. The van der Waals surface area contributed by atoms with Crippen molar-refractivity contribution >= 4 is 27.9 Å². The van der Waals surface area contributed by atoms with Crippen LogP contribution in [0.3, 0.4) is 0 Å². The SMILES string of the molecule is CCC(C)(Br)C=C(C(=O)OC)C(=O)OC. The van der Waals surface area contributed by atoms with E-state index in [9.17, 15) is 9.59 Å². The van der Waals surface area contributed by atoms with Crippen molar-refractivity contribution in [2.75, 3.05) is 14.2 Å². The number of hydrogen-bond donors (Lipinski definition) is 0. The van der Waals surface area contributed by atoms with Gasteiger partial charge in [-0.15, -0.1) is 0 Å². The second kappa shape index (κ2) is 5.90. The first-order valence-corrected chi connectivity index (χ1v) is 5.25. The minimum absolute atomic E-state index is 0.0961. The largest absolute Gasteiger partial charge is 0.465 e. The van der Waals surface area contributed by atoms with Gasteiger partial charge in [0.15, 0.2) is 0 Å². The van der Waals surface area contributed by atoms with E-state index in [0.29, 0.717) is 0 Å². The predicted octanol–water partition coefficient (Wildman–Crippen LogP) is 1.82. The molecule has 0 saturated heterocycles. The minimum atomic E-state index is -0.694.